The minimum Gasteiger partial charge on any atom is -0.476 e. The van der Waals surface area contributed by atoms with E-state index in [0.717, 1.165) is 35.2 Å². The molecule has 0 spiro atoms. The van der Waals surface area contributed by atoms with Crippen LogP contribution in [0.4, 0.5) is 13.2 Å². The van der Waals surface area contributed by atoms with E-state index in [-0.39, 0.29) is 11.3 Å². The molecule has 0 saturated carbocycles. The van der Waals surface area contributed by atoms with Crippen molar-refractivity contribution in [2.75, 3.05) is 0 Å². The minimum atomic E-state index is -3.83. The number of pyridine rings is 1. The fourth-order valence-electron chi connectivity index (χ4n) is 2.05. The molecular weight excluding hydrogens is 301 g/mol. The minimum absolute atomic E-state index is 0.172. The van der Waals surface area contributed by atoms with Crippen LogP contribution in [0.5, 0.6) is 0 Å². The van der Waals surface area contributed by atoms with Gasteiger partial charge in [-0.1, -0.05) is 0 Å². The van der Waals surface area contributed by atoms with Gasteiger partial charge in [0.1, 0.15) is 11.4 Å². The van der Waals surface area contributed by atoms with Crippen molar-refractivity contribution >= 4 is 11.6 Å². The number of nitrogens with zero attached hydrogens (tertiary/aromatic N) is 2. The average Bonchev–Trinajstić information content (AvgIpc) is 3.14. The Morgan fingerprint density at radius 2 is 2.09 bits per heavy atom. The average molecular weight is 310 g/mol. The van der Waals surface area contributed by atoms with Crippen LogP contribution in [0.2, 0.25) is 0 Å². The van der Waals surface area contributed by atoms with E-state index < -0.39 is 29.4 Å². The maximum Gasteiger partial charge on any atom is 0.356 e. The summed E-state index contributed by atoms with van der Waals surface area (Å²) in [5, 5.41) is 8.83. The van der Waals surface area contributed by atoms with Gasteiger partial charge in [0.05, 0.1) is 6.26 Å². The molecule has 0 bridgehead atoms. The summed E-state index contributed by atoms with van der Waals surface area (Å²) in [5.41, 5.74) is -0.730. The Kier molecular flexibility index (Phi) is 3.16. The number of fused-ring (bicyclic) bond motifs is 1. The summed E-state index contributed by atoms with van der Waals surface area (Å²) in [6.45, 7) is 0. The molecule has 0 aliphatic rings. The second-order valence-electron chi connectivity index (χ2n) is 4.62. The second kappa shape index (κ2) is 4.90. The molecule has 1 N–H and O–H groups in total. The van der Waals surface area contributed by atoms with Gasteiger partial charge in [-0.15, -0.1) is 0 Å². The van der Waals surface area contributed by atoms with Gasteiger partial charge in [0, 0.05) is 18.0 Å². The van der Waals surface area contributed by atoms with Crippen LogP contribution in [0.1, 0.15) is 28.0 Å². The first-order valence-corrected chi connectivity index (χ1v) is 6.17. The molecule has 0 saturated heterocycles. The van der Waals surface area contributed by atoms with Gasteiger partial charge in [0.2, 0.25) is 6.17 Å². The van der Waals surface area contributed by atoms with E-state index in [9.17, 15) is 18.0 Å². The van der Waals surface area contributed by atoms with Crippen LogP contribution in [-0.2, 0) is 5.92 Å². The Hall–Kier alpha value is -2.77. The quantitative estimate of drug-likeness (QED) is 0.801. The highest BCUT2D eigenvalue weighted by Crippen LogP contribution is 2.43. The van der Waals surface area contributed by atoms with Crippen LogP contribution >= 0.6 is 0 Å². The van der Waals surface area contributed by atoms with Crippen LogP contribution in [0.25, 0.3) is 5.65 Å². The molecule has 1 unspecified atom stereocenters. The lowest BCUT2D eigenvalue weighted by molar-refractivity contribution is -0.0884. The van der Waals surface area contributed by atoms with Gasteiger partial charge in [-0.2, -0.15) is 8.78 Å². The molecule has 3 heterocycles. The first-order valence-electron chi connectivity index (χ1n) is 6.17. The van der Waals surface area contributed by atoms with E-state index in [0.29, 0.717) is 0 Å². The van der Waals surface area contributed by atoms with E-state index in [1.165, 1.54) is 12.1 Å². The number of aromatic nitrogens is 2. The van der Waals surface area contributed by atoms with Crippen molar-refractivity contribution in [1.29, 1.82) is 0 Å². The summed E-state index contributed by atoms with van der Waals surface area (Å²) in [6, 6.07) is 4.64. The Morgan fingerprint density at radius 1 is 1.32 bits per heavy atom. The molecule has 0 amide bonds. The van der Waals surface area contributed by atoms with Gasteiger partial charge in [-0.05, 0) is 24.3 Å². The molecule has 3 aromatic rings. The zero-order valence-corrected chi connectivity index (χ0v) is 10.9. The standard InChI is InChI=1S/C14H9F3N2O3/c15-12(10-2-1-5-22-10)14(16,17)8-3-4-11-18-9(13(20)21)7-19(11)6-8/h1-7,12H,(H,20,21). The molecule has 0 radical (unpaired) electrons. The lowest BCUT2D eigenvalue weighted by atomic mass is 10.0. The summed E-state index contributed by atoms with van der Waals surface area (Å²) >= 11 is 0. The molecule has 114 valence electrons. The number of aromatic carboxylic acids is 1. The van der Waals surface area contributed by atoms with E-state index >= 15 is 0 Å². The Balaban J connectivity index is 2.03. The number of alkyl halides is 3. The lowest BCUT2D eigenvalue weighted by Gasteiger charge is -2.19. The van der Waals surface area contributed by atoms with Crippen molar-refractivity contribution in [2.45, 2.75) is 12.1 Å². The molecule has 22 heavy (non-hydrogen) atoms. The van der Waals surface area contributed by atoms with Crippen LogP contribution in [-0.4, -0.2) is 20.5 Å². The van der Waals surface area contributed by atoms with Crippen molar-refractivity contribution in [1.82, 2.24) is 9.38 Å². The highest BCUT2D eigenvalue weighted by Gasteiger charge is 2.45. The van der Waals surface area contributed by atoms with E-state index in [1.807, 2.05) is 0 Å². The number of hydrogen-bond donors (Lipinski definition) is 1. The molecule has 8 heteroatoms. The lowest BCUT2D eigenvalue weighted by Crippen LogP contribution is -2.21. The largest absolute Gasteiger partial charge is 0.476 e. The number of rotatable bonds is 4. The zero-order chi connectivity index (χ0) is 15.9. The number of furan rings is 1. The summed E-state index contributed by atoms with van der Waals surface area (Å²) in [7, 11) is 0. The van der Waals surface area contributed by atoms with Gasteiger partial charge in [0.25, 0.3) is 0 Å². The normalized spacial score (nSPS) is 13.4. The van der Waals surface area contributed by atoms with Crippen molar-refractivity contribution in [2.24, 2.45) is 0 Å². The highest BCUT2D eigenvalue weighted by atomic mass is 19.3. The SMILES string of the molecule is O=C(O)c1cn2cc(C(F)(F)C(F)c3ccco3)ccc2n1. The summed E-state index contributed by atoms with van der Waals surface area (Å²) in [5.74, 6) is -5.60. The molecule has 0 fully saturated rings. The monoisotopic (exact) mass is 310 g/mol. The second-order valence-corrected chi connectivity index (χ2v) is 4.62. The van der Waals surface area contributed by atoms with E-state index in [1.54, 1.807) is 0 Å². The Morgan fingerprint density at radius 3 is 2.73 bits per heavy atom. The third kappa shape index (κ3) is 2.22. The van der Waals surface area contributed by atoms with Crippen molar-refractivity contribution < 1.29 is 27.5 Å². The number of carbonyl (C=O) groups is 1. The molecule has 3 aromatic heterocycles. The van der Waals surface area contributed by atoms with Crippen molar-refractivity contribution in [3.63, 3.8) is 0 Å². The van der Waals surface area contributed by atoms with Gasteiger partial charge in [-0.25, -0.2) is 14.2 Å². The molecule has 1 atom stereocenters. The Labute approximate surface area is 121 Å². The van der Waals surface area contributed by atoms with E-state index in [4.69, 9.17) is 5.11 Å². The maximum atomic E-state index is 14.2. The third-order valence-corrected chi connectivity index (χ3v) is 3.17. The predicted octanol–water partition coefficient (Wildman–Crippen LogP) is 3.43. The van der Waals surface area contributed by atoms with Gasteiger partial charge in [-0.3, -0.25) is 0 Å². The van der Waals surface area contributed by atoms with Crippen LogP contribution < -0.4 is 0 Å². The molecule has 3 rings (SSSR count). The predicted molar refractivity (Wildman–Crippen MR) is 68.6 cm³/mol. The summed E-state index contributed by atoms with van der Waals surface area (Å²) < 4.78 is 48.2. The van der Waals surface area contributed by atoms with Crippen molar-refractivity contribution in [3.05, 3.63) is 59.9 Å². The molecular formula is C14H9F3N2O3. The number of imidazole rings is 1. The van der Waals surface area contributed by atoms with Gasteiger partial charge in [0.15, 0.2) is 5.69 Å². The fraction of sp³-hybridized carbons (Fsp3) is 0.143. The van der Waals surface area contributed by atoms with Crippen LogP contribution in [0.3, 0.4) is 0 Å². The molecule has 0 aromatic carbocycles. The van der Waals surface area contributed by atoms with E-state index in [2.05, 4.69) is 9.40 Å². The zero-order valence-electron chi connectivity index (χ0n) is 10.9. The number of halogens is 3. The van der Waals surface area contributed by atoms with Crippen LogP contribution in [0.15, 0.2) is 47.3 Å². The topological polar surface area (TPSA) is 67.7 Å². The number of hydrogen-bond acceptors (Lipinski definition) is 3. The number of carboxylic acid groups (broad SMARTS) is 1. The van der Waals surface area contributed by atoms with Crippen LogP contribution in [0, 0.1) is 0 Å². The third-order valence-electron chi connectivity index (χ3n) is 3.17. The van der Waals surface area contributed by atoms with Crippen molar-refractivity contribution in [3.8, 4) is 0 Å². The highest BCUT2D eigenvalue weighted by molar-refractivity contribution is 5.86. The molecule has 0 aliphatic heterocycles. The van der Waals surface area contributed by atoms with Gasteiger partial charge < -0.3 is 13.9 Å². The summed E-state index contributed by atoms with van der Waals surface area (Å²) in [6.07, 6.45) is 0.486. The number of carboxylic acids is 1. The molecule has 0 aliphatic carbocycles. The Bertz CT molecular complexity index is 827. The first kappa shape index (κ1) is 14.2. The first-order chi connectivity index (χ1) is 10.4. The van der Waals surface area contributed by atoms with Gasteiger partial charge >= 0.3 is 11.9 Å². The fourth-order valence-corrected chi connectivity index (χ4v) is 2.05. The smallest absolute Gasteiger partial charge is 0.356 e. The summed E-state index contributed by atoms with van der Waals surface area (Å²) in [4.78, 5) is 14.6. The maximum absolute atomic E-state index is 14.2. The molecule has 5 nitrogen and oxygen atoms in total.